The van der Waals surface area contributed by atoms with Crippen LogP contribution in [0.4, 0.5) is 0 Å². The Labute approximate surface area is 139 Å². The lowest BCUT2D eigenvalue weighted by atomic mass is 10.1. The van der Waals surface area contributed by atoms with E-state index in [0.717, 1.165) is 23.2 Å². The number of esters is 1. The first-order valence-corrected chi connectivity index (χ1v) is 8.52. The number of thiophene rings is 1. The van der Waals surface area contributed by atoms with Crippen molar-refractivity contribution in [1.82, 2.24) is 5.32 Å². The molecule has 0 saturated carbocycles. The standard InChI is InChI=1S/C19H19NO2S/c1-2-22-19(21)18-11-16-9-8-15(10-17(16)23-18)13-20-12-14-6-4-3-5-7-14/h3-11,20H,2,12-13H2,1H3. The molecule has 0 bridgehead atoms. The van der Waals surface area contributed by atoms with Crippen LogP contribution in [0.3, 0.4) is 0 Å². The summed E-state index contributed by atoms with van der Waals surface area (Å²) in [6.45, 7) is 3.87. The van der Waals surface area contributed by atoms with Gasteiger partial charge in [0, 0.05) is 17.8 Å². The number of hydrogen-bond acceptors (Lipinski definition) is 4. The SMILES string of the molecule is CCOC(=O)c1cc2ccc(CNCc3ccccc3)cc2s1. The van der Waals surface area contributed by atoms with Crippen LogP contribution in [-0.2, 0) is 17.8 Å². The third-order valence-corrected chi connectivity index (χ3v) is 4.64. The van der Waals surface area contributed by atoms with Gasteiger partial charge in [0.05, 0.1) is 6.61 Å². The van der Waals surface area contributed by atoms with Crippen molar-refractivity contribution < 1.29 is 9.53 Å². The van der Waals surface area contributed by atoms with E-state index in [1.54, 1.807) is 0 Å². The average molecular weight is 325 g/mol. The molecule has 2 aromatic carbocycles. The summed E-state index contributed by atoms with van der Waals surface area (Å²) in [5, 5.41) is 4.53. The normalized spacial score (nSPS) is 10.8. The summed E-state index contributed by atoms with van der Waals surface area (Å²) in [5.74, 6) is -0.238. The van der Waals surface area contributed by atoms with Crippen LogP contribution in [0, 0.1) is 0 Å². The van der Waals surface area contributed by atoms with Crippen molar-refractivity contribution >= 4 is 27.4 Å². The van der Waals surface area contributed by atoms with Crippen LogP contribution < -0.4 is 5.32 Å². The van der Waals surface area contributed by atoms with E-state index < -0.39 is 0 Å². The van der Waals surface area contributed by atoms with Gasteiger partial charge in [-0.1, -0.05) is 42.5 Å². The van der Waals surface area contributed by atoms with E-state index >= 15 is 0 Å². The molecule has 0 atom stereocenters. The average Bonchev–Trinajstić information content (AvgIpc) is 2.99. The Morgan fingerprint density at radius 3 is 2.61 bits per heavy atom. The van der Waals surface area contributed by atoms with Crippen LogP contribution >= 0.6 is 11.3 Å². The molecule has 3 aromatic rings. The number of hydrogen-bond donors (Lipinski definition) is 1. The maximum Gasteiger partial charge on any atom is 0.348 e. The molecule has 0 aliphatic heterocycles. The highest BCUT2D eigenvalue weighted by Gasteiger charge is 2.11. The Kier molecular flexibility index (Phi) is 5.05. The predicted octanol–water partition coefficient (Wildman–Crippen LogP) is 4.37. The Morgan fingerprint density at radius 1 is 1.04 bits per heavy atom. The fourth-order valence-corrected chi connectivity index (χ4v) is 3.46. The topological polar surface area (TPSA) is 38.3 Å². The molecular weight excluding hydrogens is 306 g/mol. The van der Waals surface area contributed by atoms with E-state index in [-0.39, 0.29) is 5.97 Å². The molecule has 0 spiro atoms. The van der Waals surface area contributed by atoms with E-state index in [1.807, 2.05) is 31.2 Å². The molecular formula is C19H19NO2S. The molecule has 1 aromatic heterocycles. The molecule has 0 unspecified atom stereocenters. The van der Waals surface area contributed by atoms with Crippen molar-refractivity contribution in [1.29, 1.82) is 0 Å². The first kappa shape index (κ1) is 15.7. The van der Waals surface area contributed by atoms with Gasteiger partial charge in [0.15, 0.2) is 0 Å². The third kappa shape index (κ3) is 3.97. The van der Waals surface area contributed by atoms with Crippen LogP contribution in [0.15, 0.2) is 54.6 Å². The number of benzene rings is 2. The number of ether oxygens (including phenoxy) is 1. The number of nitrogens with one attached hydrogen (secondary N) is 1. The summed E-state index contributed by atoms with van der Waals surface area (Å²) in [6.07, 6.45) is 0. The summed E-state index contributed by atoms with van der Waals surface area (Å²) in [6, 6.07) is 18.5. The fourth-order valence-electron chi connectivity index (χ4n) is 2.44. The van der Waals surface area contributed by atoms with Gasteiger partial charge in [0.2, 0.25) is 0 Å². The molecule has 0 aliphatic carbocycles. The van der Waals surface area contributed by atoms with Gasteiger partial charge in [-0.2, -0.15) is 0 Å². The monoisotopic (exact) mass is 325 g/mol. The van der Waals surface area contributed by atoms with Gasteiger partial charge in [0.1, 0.15) is 4.88 Å². The smallest absolute Gasteiger partial charge is 0.348 e. The van der Waals surface area contributed by atoms with Gasteiger partial charge < -0.3 is 10.1 Å². The van der Waals surface area contributed by atoms with Crippen molar-refractivity contribution in [3.8, 4) is 0 Å². The Bertz CT molecular complexity index is 795. The van der Waals surface area contributed by atoms with Crippen LogP contribution in [0.25, 0.3) is 10.1 Å². The number of fused-ring (bicyclic) bond motifs is 1. The van der Waals surface area contributed by atoms with Gasteiger partial charge in [-0.15, -0.1) is 11.3 Å². The molecule has 4 heteroatoms. The Balaban J connectivity index is 1.66. The zero-order chi connectivity index (χ0) is 16.1. The minimum atomic E-state index is -0.238. The maximum absolute atomic E-state index is 11.8. The maximum atomic E-state index is 11.8. The van der Waals surface area contributed by atoms with Crippen LogP contribution in [0.5, 0.6) is 0 Å². The fraction of sp³-hybridized carbons (Fsp3) is 0.211. The lowest BCUT2D eigenvalue weighted by Gasteiger charge is -2.05. The number of carbonyl (C=O) groups is 1. The summed E-state index contributed by atoms with van der Waals surface area (Å²) in [7, 11) is 0. The molecule has 0 saturated heterocycles. The van der Waals surface area contributed by atoms with E-state index in [1.165, 1.54) is 22.5 Å². The van der Waals surface area contributed by atoms with E-state index in [2.05, 4.69) is 35.6 Å². The Hall–Kier alpha value is -2.17. The van der Waals surface area contributed by atoms with Crippen molar-refractivity contribution in [2.24, 2.45) is 0 Å². The minimum Gasteiger partial charge on any atom is -0.462 e. The van der Waals surface area contributed by atoms with Gasteiger partial charge in [0.25, 0.3) is 0 Å². The number of carbonyl (C=O) groups excluding carboxylic acids is 1. The molecule has 0 amide bonds. The van der Waals surface area contributed by atoms with Crippen molar-refractivity contribution in [2.75, 3.05) is 6.61 Å². The zero-order valence-electron chi connectivity index (χ0n) is 13.0. The first-order chi connectivity index (χ1) is 11.3. The highest BCUT2D eigenvalue weighted by atomic mass is 32.1. The van der Waals surface area contributed by atoms with Crippen LogP contribution in [0.2, 0.25) is 0 Å². The van der Waals surface area contributed by atoms with E-state index in [9.17, 15) is 4.79 Å². The molecule has 118 valence electrons. The number of rotatable bonds is 6. The highest BCUT2D eigenvalue weighted by molar-refractivity contribution is 7.20. The van der Waals surface area contributed by atoms with Gasteiger partial charge >= 0.3 is 5.97 Å². The molecule has 0 radical (unpaired) electrons. The van der Waals surface area contributed by atoms with E-state index in [4.69, 9.17) is 4.74 Å². The van der Waals surface area contributed by atoms with Gasteiger partial charge in [-0.05, 0) is 35.6 Å². The molecule has 3 nitrogen and oxygen atoms in total. The summed E-state index contributed by atoms with van der Waals surface area (Å²) >= 11 is 1.49. The molecule has 1 heterocycles. The Morgan fingerprint density at radius 2 is 1.83 bits per heavy atom. The van der Waals surface area contributed by atoms with Crippen LogP contribution in [0.1, 0.15) is 27.7 Å². The van der Waals surface area contributed by atoms with E-state index in [0.29, 0.717) is 11.5 Å². The second-order valence-corrected chi connectivity index (χ2v) is 6.38. The largest absolute Gasteiger partial charge is 0.462 e. The van der Waals surface area contributed by atoms with Crippen molar-refractivity contribution in [3.05, 3.63) is 70.6 Å². The van der Waals surface area contributed by atoms with Gasteiger partial charge in [-0.3, -0.25) is 0 Å². The molecule has 3 rings (SSSR count). The predicted molar refractivity (Wildman–Crippen MR) is 94.8 cm³/mol. The van der Waals surface area contributed by atoms with Gasteiger partial charge in [-0.25, -0.2) is 4.79 Å². The first-order valence-electron chi connectivity index (χ1n) is 7.70. The van der Waals surface area contributed by atoms with Crippen molar-refractivity contribution in [3.63, 3.8) is 0 Å². The molecule has 23 heavy (non-hydrogen) atoms. The lowest BCUT2D eigenvalue weighted by Crippen LogP contribution is -2.12. The highest BCUT2D eigenvalue weighted by Crippen LogP contribution is 2.27. The summed E-state index contributed by atoms with van der Waals surface area (Å²) in [4.78, 5) is 12.5. The summed E-state index contributed by atoms with van der Waals surface area (Å²) < 4.78 is 6.18. The molecule has 0 fully saturated rings. The second kappa shape index (κ2) is 7.40. The van der Waals surface area contributed by atoms with Crippen molar-refractivity contribution in [2.45, 2.75) is 20.0 Å². The molecule has 0 aliphatic rings. The zero-order valence-corrected chi connectivity index (χ0v) is 13.9. The lowest BCUT2D eigenvalue weighted by molar-refractivity contribution is 0.0532. The van der Waals surface area contributed by atoms with Crippen LogP contribution in [-0.4, -0.2) is 12.6 Å². The second-order valence-electron chi connectivity index (χ2n) is 5.29. The summed E-state index contributed by atoms with van der Waals surface area (Å²) in [5.41, 5.74) is 2.49. The third-order valence-electron chi connectivity index (χ3n) is 3.56. The quantitative estimate of drug-likeness (QED) is 0.684. The molecule has 1 N–H and O–H groups in total. The minimum absolute atomic E-state index is 0.238.